The van der Waals surface area contributed by atoms with E-state index in [0.29, 0.717) is 11.6 Å². The van der Waals surface area contributed by atoms with E-state index < -0.39 is 0 Å². The average Bonchev–Trinajstić information content (AvgIpc) is 2.76. The van der Waals surface area contributed by atoms with Gasteiger partial charge in [-0.15, -0.1) is 0 Å². The summed E-state index contributed by atoms with van der Waals surface area (Å²) in [6.07, 6.45) is 0. The summed E-state index contributed by atoms with van der Waals surface area (Å²) < 4.78 is 6.99. The standard InChI is InChI=1S/C15H13IN2O/c1-8-5-9(2)14-13(6-8)18-15(19-14)11-7-10(16)3-4-12(11)17/h3-7H,17H2,1-2H3. The molecular formula is C15H13IN2O. The third-order valence-electron chi connectivity index (χ3n) is 3.07. The fourth-order valence-electron chi connectivity index (χ4n) is 2.21. The quantitative estimate of drug-likeness (QED) is 0.518. The number of benzene rings is 2. The van der Waals surface area contributed by atoms with E-state index in [1.807, 2.05) is 31.2 Å². The number of oxazole rings is 1. The maximum Gasteiger partial charge on any atom is 0.229 e. The Labute approximate surface area is 125 Å². The highest BCUT2D eigenvalue weighted by Gasteiger charge is 2.13. The van der Waals surface area contributed by atoms with Gasteiger partial charge < -0.3 is 10.2 Å². The van der Waals surface area contributed by atoms with Crippen LogP contribution in [0.4, 0.5) is 5.69 Å². The topological polar surface area (TPSA) is 52.0 Å². The summed E-state index contributed by atoms with van der Waals surface area (Å²) in [4.78, 5) is 4.56. The van der Waals surface area contributed by atoms with Gasteiger partial charge in [0.15, 0.2) is 5.58 Å². The van der Waals surface area contributed by atoms with E-state index in [4.69, 9.17) is 10.2 Å². The van der Waals surface area contributed by atoms with Crippen LogP contribution in [0.15, 0.2) is 34.7 Å². The Hall–Kier alpha value is -1.56. The van der Waals surface area contributed by atoms with Crippen molar-refractivity contribution in [3.05, 3.63) is 45.0 Å². The van der Waals surface area contributed by atoms with E-state index in [1.165, 1.54) is 5.56 Å². The smallest absolute Gasteiger partial charge is 0.229 e. The van der Waals surface area contributed by atoms with E-state index in [9.17, 15) is 0 Å². The number of nitrogen functional groups attached to an aromatic ring is 1. The zero-order valence-corrected chi connectivity index (χ0v) is 12.9. The van der Waals surface area contributed by atoms with Gasteiger partial charge in [-0.2, -0.15) is 0 Å². The number of rotatable bonds is 1. The molecule has 19 heavy (non-hydrogen) atoms. The molecule has 0 saturated carbocycles. The number of fused-ring (bicyclic) bond motifs is 1. The third-order valence-corrected chi connectivity index (χ3v) is 3.74. The Morgan fingerprint density at radius 3 is 2.74 bits per heavy atom. The summed E-state index contributed by atoms with van der Waals surface area (Å²) in [5.41, 5.74) is 11.5. The van der Waals surface area contributed by atoms with Crippen molar-refractivity contribution in [1.82, 2.24) is 4.98 Å². The predicted octanol–water partition coefficient (Wildman–Crippen LogP) is 4.30. The lowest BCUT2D eigenvalue weighted by Crippen LogP contribution is -1.90. The highest BCUT2D eigenvalue weighted by atomic mass is 127. The van der Waals surface area contributed by atoms with Crippen LogP contribution in [0.2, 0.25) is 0 Å². The number of halogens is 1. The normalized spacial score (nSPS) is 11.1. The van der Waals surface area contributed by atoms with Crippen LogP contribution in [0.1, 0.15) is 11.1 Å². The summed E-state index contributed by atoms with van der Waals surface area (Å²) in [5, 5.41) is 0. The van der Waals surface area contributed by atoms with Crippen molar-refractivity contribution in [1.29, 1.82) is 0 Å². The molecule has 3 nitrogen and oxygen atoms in total. The molecule has 1 aromatic heterocycles. The van der Waals surface area contributed by atoms with Crippen molar-refractivity contribution in [2.45, 2.75) is 13.8 Å². The second-order valence-corrected chi connectivity index (χ2v) is 5.93. The molecule has 3 rings (SSSR count). The molecular weight excluding hydrogens is 351 g/mol. The van der Waals surface area contributed by atoms with Crippen LogP contribution in [0.3, 0.4) is 0 Å². The SMILES string of the molecule is Cc1cc(C)c2oc(-c3cc(I)ccc3N)nc2c1. The van der Waals surface area contributed by atoms with Gasteiger partial charge in [0, 0.05) is 9.26 Å². The van der Waals surface area contributed by atoms with Crippen molar-refractivity contribution in [3.8, 4) is 11.5 Å². The lowest BCUT2D eigenvalue weighted by atomic mass is 10.1. The molecule has 0 aliphatic heterocycles. The molecule has 4 heteroatoms. The Balaban J connectivity index is 2.26. The van der Waals surface area contributed by atoms with Crippen molar-refractivity contribution < 1.29 is 4.42 Å². The highest BCUT2D eigenvalue weighted by molar-refractivity contribution is 14.1. The number of nitrogens with two attached hydrogens (primary N) is 1. The number of hydrogen-bond donors (Lipinski definition) is 1. The summed E-state index contributed by atoms with van der Waals surface area (Å²) in [6.45, 7) is 4.09. The molecule has 0 amide bonds. The summed E-state index contributed by atoms with van der Waals surface area (Å²) in [5.74, 6) is 0.583. The highest BCUT2D eigenvalue weighted by Crippen LogP contribution is 2.31. The first-order valence-corrected chi connectivity index (χ1v) is 7.05. The lowest BCUT2D eigenvalue weighted by molar-refractivity contribution is 0.617. The molecule has 0 bridgehead atoms. The van der Waals surface area contributed by atoms with Crippen molar-refractivity contribution in [2.24, 2.45) is 0 Å². The van der Waals surface area contributed by atoms with Crippen LogP contribution in [-0.4, -0.2) is 4.98 Å². The van der Waals surface area contributed by atoms with Gasteiger partial charge in [-0.25, -0.2) is 4.98 Å². The van der Waals surface area contributed by atoms with E-state index in [-0.39, 0.29) is 0 Å². The largest absolute Gasteiger partial charge is 0.436 e. The Kier molecular flexibility index (Phi) is 2.97. The lowest BCUT2D eigenvalue weighted by Gasteiger charge is -2.01. The number of nitrogens with zero attached hydrogens (tertiary/aromatic N) is 1. The monoisotopic (exact) mass is 364 g/mol. The van der Waals surface area contributed by atoms with Crippen LogP contribution in [0.25, 0.3) is 22.6 Å². The first kappa shape index (κ1) is 12.5. The zero-order valence-electron chi connectivity index (χ0n) is 10.7. The minimum Gasteiger partial charge on any atom is -0.436 e. The van der Waals surface area contributed by atoms with Crippen LogP contribution in [-0.2, 0) is 0 Å². The van der Waals surface area contributed by atoms with Crippen LogP contribution >= 0.6 is 22.6 Å². The van der Waals surface area contributed by atoms with E-state index in [1.54, 1.807) is 0 Å². The minimum absolute atomic E-state index is 0.583. The minimum atomic E-state index is 0.583. The Morgan fingerprint density at radius 2 is 1.95 bits per heavy atom. The number of anilines is 1. The molecule has 96 valence electrons. The van der Waals surface area contributed by atoms with E-state index in [2.05, 4.69) is 40.6 Å². The van der Waals surface area contributed by atoms with Crippen molar-refractivity contribution in [2.75, 3.05) is 5.73 Å². The first-order valence-electron chi connectivity index (χ1n) is 5.98. The molecule has 3 aromatic rings. The molecule has 0 aliphatic carbocycles. The predicted molar refractivity (Wildman–Crippen MR) is 86.0 cm³/mol. The molecule has 2 aromatic carbocycles. The number of aromatic nitrogens is 1. The van der Waals surface area contributed by atoms with Crippen LogP contribution < -0.4 is 5.73 Å². The molecule has 0 saturated heterocycles. The van der Waals surface area contributed by atoms with Gasteiger partial charge in [0.1, 0.15) is 5.52 Å². The maximum atomic E-state index is 6.01. The van der Waals surface area contributed by atoms with Gasteiger partial charge in [0.05, 0.1) is 5.56 Å². The fraction of sp³-hybridized carbons (Fsp3) is 0.133. The summed E-state index contributed by atoms with van der Waals surface area (Å²) in [6, 6.07) is 9.96. The molecule has 0 radical (unpaired) electrons. The van der Waals surface area contributed by atoms with Crippen LogP contribution in [0.5, 0.6) is 0 Å². The molecule has 0 unspecified atom stereocenters. The summed E-state index contributed by atoms with van der Waals surface area (Å²) >= 11 is 2.25. The molecule has 0 spiro atoms. The fourth-order valence-corrected chi connectivity index (χ4v) is 2.70. The van der Waals surface area contributed by atoms with Crippen molar-refractivity contribution in [3.63, 3.8) is 0 Å². The third kappa shape index (κ3) is 2.20. The molecule has 0 atom stereocenters. The Morgan fingerprint density at radius 1 is 1.16 bits per heavy atom. The number of hydrogen-bond acceptors (Lipinski definition) is 3. The molecule has 2 N–H and O–H groups in total. The summed E-state index contributed by atoms with van der Waals surface area (Å²) in [7, 11) is 0. The second-order valence-electron chi connectivity index (χ2n) is 4.68. The number of aryl methyl sites for hydroxylation is 2. The van der Waals surface area contributed by atoms with Crippen molar-refractivity contribution >= 4 is 39.4 Å². The molecule has 0 aliphatic rings. The molecule has 0 fully saturated rings. The van der Waals surface area contributed by atoms with Gasteiger partial charge >= 0.3 is 0 Å². The molecule has 1 heterocycles. The maximum absolute atomic E-state index is 6.01. The van der Waals surface area contributed by atoms with Gasteiger partial charge in [0.2, 0.25) is 5.89 Å². The zero-order chi connectivity index (χ0) is 13.6. The Bertz CT molecular complexity index is 777. The average molecular weight is 364 g/mol. The van der Waals surface area contributed by atoms with E-state index in [0.717, 1.165) is 25.8 Å². The van der Waals surface area contributed by atoms with Gasteiger partial charge in [-0.1, -0.05) is 6.07 Å². The first-order chi connectivity index (χ1) is 9.04. The second kappa shape index (κ2) is 4.52. The van der Waals surface area contributed by atoms with Gasteiger partial charge in [0.25, 0.3) is 0 Å². The van der Waals surface area contributed by atoms with Gasteiger partial charge in [-0.05, 0) is 71.8 Å². The van der Waals surface area contributed by atoms with Gasteiger partial charge in [-0.3, -0.25) is 0 Å². The van der Waals surface area contributed by atoms with E-state index >= 15 is 0 Å². The van der Waals surface area contributed by atoms with Crippen LogP contribution in [0, 0.1) is 17.4 Å².